The number of hydrogen-bond donors (Lipinski definition) is 2. The van der Waals surface area contributed by atoms with Gasteiger partial charge in [0.15, 0.2) is 0 Å². The minimum Gasteiger partial charge on any atom is -0.469 e. The van der Waals surface area contributed by atoms with E-state index in [0.717, 1.165) is 22.2 Å². The predicted octanol–water partition coefficient (Wildman–Crippen LogP) is 3.10. The van der Waals surface area contributed by atoms with Gasteiger partial charge in [-0.1, -0.05) is 28.1 Å². The Hall–Kier alpha value is -1.10. The second-order valence-corrected chi connectivity index (χ2v) is 4.90. The Morgan fingerprint density at radius 1 is 1.29 bits per heavy atom. The van der Waals surface area contributed by atoms with E-state index in [1.165, 1.54) is 5.56 Å². The summed E-state index contributed by atoms with van der Waals surface area (Å²) >= 11 is 3.42. The van der Waals surface area contributed by atoms with Crippen molar-refractivity contribution in [1.82, 2.24) is 5.43 Å². The van der Waals surface area contributed by atoms with E-state index < -0.39 is 0 Å². The van der Waals surface area contributed by atoms with Gasteiger partial charge >= 0.3 is 0 Å². The van der Waals surface area contributed by atoms with Gasteiger partial charge in [0.25, 0.3) is 0 Å². The minimum atomic E-state index is 0.0786. The molecule has 0 aliphatic rings. The van der Waals surface area contributed by atoms with Gasteiger partial charge in [-0.2, -0.15) is 0 Å². The summed E-state index contributed by atoms with van der Waals surface area (Å²) in [4.78, 5) is 0. The Morgan fingerprint density at radius 2 is 2.00 bits per heavy atom. The lowest BCUT2D eigenvalue weighted by Crippen LogP contribution is -2.29. The van der Waals surface area contributed by atoms with Crippen LogP contribution in [0.5, 0.6) is 0 Å². The standard InChI is InChI=1S/C13H15BrN2O/c1-9-12(6-7-17-9)13(16-15)8-10-2-4-11(14)5-3-10/h2-7,13,16H,8,15H2,1H3. The second-order valence-electron chi connectivity index (χ2n) is 3.98. The monoisotopic (exact) mass is 294 g/mol. The summed E-state index contributed by atoms with van der Waals surface area (Å²) in [6.07, 6.45) is 2.53. The zero-order chi connectivity index (χ0) is 12.3. The average molecular weight is 295 g/mol. The van der Waals surface area contributed by atoms with E-state index in [9.17, 15) is 0 Å². The molecule has 17 heavy (non-hydrogen) atoms. The van der Waals surface area contributed by atoms with Crippen LogP contribution in [0, 0.1) is 6.92 Å². The Kier molecular flexibility index (Phi) is 3.99. The molecule has 0 amide bonds. The Bertz CT molecular complexity index is 478. The molecule has 0 spiro atoms. The number of nitrogens with two attached hydrogens (primary N) is 1. The SMILES string of the molecule is Cc1occc1C(Cc1ccc(Br)cc1)NN. The maximum atomic E-state index is 5.61. The van der Waals surface area contributed by atoms with Crippen molar-refractivity contribution in [3.63, 3.8) is 0 Å². The predicted molar refractivity (Wildman–Crippen MR) is 71.4 cm³/mol. The van der Waals surface area contributed by atoms with Gasteiger partial charge in [0.1, 0.15) is 5.76 Å². The molecule has 2 rings (SSSR count). The number of hydrogen-bond acceptors (Lipinski definition) is 3. The molecule has 3 N–H and O–H groups in total. The lowest BCUT2D eigenvalue weighted by Gasteiger charge is -2.15. The van der Waals surface area contributed by atoms with E-state index in [4.69, 9.17) is 10.3 Å². The van der Waals surface area contributed by atoms with Crippen molar-refractivity contribution in [2.24, 2.45) is 5.84 Å². The largest absolute Gasteiger partial charge is 0.469 e. The van der Waals surface area contributed by atoms with Crippen molar-refractivity contribution in [3.05, 3.63) is 58.0 Å². The highest BCUT2D eigenvalue weighted by molar-refractivity contribution is 9.10. The van der Waals surface area contributed by atoms with Crippen LogP contribution in [-0.4, -0.2) is 0 Å². The van der Waals surface area contributed by atoms with E-state index in [1.807, 2.05) is 25.1 Å². The van der Waals surface area contributed by atoms with Crippen LogP contribution in [-0.2, 0) is 6.42 Å². The van der Waals surface area contributed by atoms with Gasteiger partial charge in [0, 0.05) is 10.0 Å². The number of rotatable bonds is 4. The third-order valence-corrected chi connectivity index (χ3v) is 3.36. The first-order chi connectivity index (χ1) is 8.20. The zero-order valence-corrected chi connectivity index (χ0v) is 11.2. The molecule has 1 aromatic heterocycles. The molecule has 1 atom stereocenters. The quantitative estimate of drug-likeness (QED) is 0.673. The number of aryl methyl sites for hydroxylation is 1. The molecule has 1 aromatic carbocycles. The van der Waals surface area contributed by atoms with Crippen molar-refractivity contribution in [1.29, 1.82) is 0 Å². The molecular formula is C13H15BrN2O. The molecule has 0 radical (unpaired) electrons. The molecule has 1 heterocycles. The first-order valence-electron chi connectivity index (χ1n) is 5.45. The molecule has 0 aliphatic heterocycles. The Labute approximate surface area is 109 Å². The van der Waals surface area contributed by atoms with Gasteiger partial charge in [0.05, 0.1) is 12.3 Å². The highest BCUT2D eigenvalue weighted by atomic mass is 79.9. The first-order valence-corrected chi connectivity index (χ1v) is 6.24. The van der Waals surface area contributed by atoms with Crippen molar-refractivity contribution in [2.45, 2.75) is 19.4 Å². The molecule has 0 fully saturated rings. The summed E-state index contributed by atoms with van der Waals surface area (Å²) in [6.45, 7) is 1.95. The zero-order valence-electron chi connectivity index (χ0n) is 9.61. The van der Waals surface area contributed by atoms with Crippen LogP contribution in [0.3, 0.4) is 0 Å². The van der Waals surface area contributed by atoms with Crippen molar-refractivity contribution < 1.29 is 4.42 Å². The smallest absolute Gasteiger partial charge is 0.105 e. The molecule has 3 nitrogen and oxygen atoms in total. The molecule has 4 heteroatoms. The number of halogens is 1. The van der Waals surface area contributed by atoms with Crippen LogP contribution < -0.4 is 11.3 Å². The topological polar surface area (TPSA) is 51.2 Å². The summed E-state index contributed by atoms with van der Waals surface area (Å²) in [5.74, 6) is 6.52. The highest BCUT2D eigenvalue weighted by Crippen LogP contribution is 2.22. The van der Waals surface area contributed by atoms with Crippen LogP contribution in [0.1, 0.15) is 22.9 Å². The molecule has 0 saturated heterocycles. The van der Waals surface area contributed by atoms with E-state index >= 15 is 0 Å². The third kappa shape index (κ3) is 2.97. The highest BCUT2D eigenvalue weighted by Gasteiger charge is 2.14. The van der Waals surface area contributed by atoms with Crippen LogP contribution in [0.2, 0.25) is 0 Å². The van der Waals surface area contributed by atoms with Crippen LogP contribution in [0.25, 0.3) is 0 Å². The van der Waals surface area contributed by atoms with E-state index in [1.54, 1.807) is 6.26 Å². The number of hydrazine groups is 1. The molecule has 2 aromatic rings. The third-order valence-electron chi connectivity index (χ3n) is 2.83. The van der Waals surface area contributed by atoms with Crippen molar-refractivity contribution >= 4 is 15.9 Å². The van der Waals surface area contributed by atoms with Gasteiger partial charge in [0.2, 0.25) is 0 Å². The average Bonchev–Trinajstić information content (AvgIpc) is 2.75. The van der Waals surface area contributed by atoms with Crippen molar-refractivity contribution in [3.8, 4) is 0 Å². The molecule has 0 bridgehead atoms. The van der Waals surface area contributed by atoms with Gasteiger partial charge in [-0.3, -0.25) is 11.3 Å². The number of nitrogens with one attached hydrogen (secondary N) is 1. The maximum absolute atomic E-state index is 5.61. The van der Waals surface area contributed by atoms with Crippen LogP contribution in [0.15, 0.2) is 45.5 Å². The Balaban J connectivity index is 2.16. The lowest BCUT2D eigenvalue weighted by molar-refractivity contribution is 0.502. The first kappa shape index (κ1) is 12.4. The Morgan fingerprint density at radius 3 is 2.53 bits per heavy atom. The summed E-state index contributed by atoms with van der Waals surface area (Å²) < 4.78 is 6.38. The van der Waals surface area contributed by atoms with Crippen molar-refractivity contribution in [2.75, 3.05) is 0 Å². The molecule has 90 valence electrons. The fourth-order valence-electron chi connectivity index (χ4n) is 1.87. The fourth-order valence-corrected chi connectivity index (χ4v) is 2.14. The minimum absolute atomic E-state index is 0.0786. The normalized spacial score (nSPS) is 12.6. The van der Waals surface area contributed by atoms with Gasteiger partial charge < -0.3 is 4.42 Å². The van der Waals surface area contributed by atoms with E-state index in [0.29, 0.717) is 0 Å². The second kappa shape index (κ2) is 5.49. The maximum Gasteiger partial charge on any atom is 0.105 e. The lowest BCUT2D eigenvalue weighted by atomic mass is 10.00. The van der Waals surface area contributed by atoms with Gasteiger partial charge in [-0.15, -0.1) is 0 Å². The van der Waals surface area contributed by atoms with E-state index in [2.05, 4.69) is 33.5 Å². The van der Waals surface area contributed by atoms with Crippen LogP contribution >= 0.6 is 15.9 Å². The summed E-state index contributed by atoms with van der Waals surface area (Å²) in [7, 11) is 0. The summed E-state index contributed by atoms with van der Waals surface area (Å²) in [5, 5.41) is 0. The number of furan rings is 1. The molecule has 0 saturated carbocycles. The van der Waals surface area contributed by atoms with Crippen LogP contribution in [0.4, 0.5) is 0 Å². The van der Waals surface area contributed by atoms with Gasteiger partial charge in [-0.25, -0.2) is 0 Å². The summed E-state index contributed by atoms with van der Waals surface area (Å²) in [6, 6.07) is 10.3. The molecular weight excluding hydrogens is 280 g/mol. The molecule has 0 aliphatic carbocycles. The fraction of sp³-hybridized carbons (Fsp3) is 0.231. The van der Waals surface area contributed by atoms with E-state index in [-0.39, 0.29) is 6.04 Å². The number of benzene rings is 1. The van der Waals surface area contributed by atoms with Gasteiger partial charge in [-0.05, 0) is 37.1 Å². The molecule has 1 unspecified atom stereocenters. The summed E-state index contributed by atoms with van der Waals surface area (Å²) in [5.41, 5.74) is 5.18.